The van der Waals surface area contributed by atoms with Crippen molar-refractivity contribution in [1.82, 2.24) is 39.0 Å². The van der Waals surface area contributed by atoms with Crippen molar-refractivity contribution in [2.24, 2.45) is 0 Å². The molecule has 1 aliphatic rings. The largest absolute Gasteiger partial charge is 0.309 e. The van der Waals surface area contributed by atoms with Crippen LogP contribution in [0.1, 0.15) is 25.0 Å². The third-order valence-corrected chi connectivity index (χ3v) is 27.4. The van der Waals surface area contributed by atoms with Crippen LogP contribution in [0.25, 0.3) is 246 Å². The van der Waals surface area contributed by atoms with E-state index in [0.717, 1.165) is 200 Å². The summed E-state index contributed by atoms with van der Waals surface area (Å²) in [7, 11) is 0. The van der Waals surface area contributed by atoms with Crippen LogP contribution in [0.3, 0.4) is 0 Å². The molecule has 642 valence electrons. The molecule has 0 amide bonds. The van der Waals surface area contributed by atoms with Gasteiger partial charge in [-0.3, -0.25) is 0 Å². The van der Waals surface area contributed by atoms with Crippen molar-refractivity contribution in [3.8, 4) is 202 Å². The molecule has 0 aliphatic heterocycles. The lowest BCUT2D eigenvalue weighted by atomic mass is 9.82. The Morgan fingerprint density at radius 3 is 0.686 bits per heavy atom. The van der Waals surface area contributed by atoms with E-state index in [2.05, 4.69) is 472 Å². The van der Waals surface area contributed by atoms with Crippen LogP contribution in [0.2, 0.25) is 0 Å². The van der Waals surface area contributed by atoms with Gasteiger partial charge in [-0.2, -0.15) is 0 Å². The number of benzene rings is 20. The molecule has 4 aromatic heterocycles. The molecule has 0 saturated carbocycles. The molecule has 0 bridgehead atoms. The van der Waals surface area contributed by atoms with Gasteiger partial charge in [-0.25, -0.2) is 29.9 Å². The molecular weight excluding hydrogens is 1660 g/mol. The van der Waals surface area contributed by atoms with Gasteiger partial charge in [0.25, 0.3) is 0 Å². The van der Waals surface area contributed by atoms with E-state index in [-0.39, 0.29) is 0 Å². The Balaban J connectivity index is 0.579. The van der Waals surface area contributed by atoms with Crippen LogP contribution in [0.5, 0.6) is 0 Å². The van der Waals surface area contributed by atoms with Crippen molar-refractivity contribution >= 4 is 43.6 Å². The molecule has 0 fully saturated rings. The highest BCUT2D eigenvalue weighted by Crippen LogP contribution is 2.53. The summed E-state index contributed by atoms with van der Waals surface area (Å²) in [5, 5.41) is 4.61. The molecule has 8 nitrogen and oxygen atoms in total. The Kier molecular flexibility index (Phi) is 20.1. The summed E-state index contributed by atoms with van der Waals surface area (Å²) in [4.78, 5) is 32.1. The summed E-state index contributed by atoms with van der Waals surface area (Å²) >= 11 is 0. The minimum Gasteiger partial charge on any atom is -0.309 e. The van der Waals surface area contributed by atoms with Crippen LogP contribution in [0.4, 0.5) is 0 Å². The molecule has 0 saturated heterocycles. The minimum absolute atomic E-state index is 0.426. The van der Waals surface area contributed by atoms with Gasteiger partial charge in [0, 0.05) is 71.7 Å². The van der Waals surface area contributed by atoms with E-state index in [0.29, 0.717) is 34.9 Å². The minimum atomic E-state index is -0.426. The summed E-state index contributed by atoms with van der Waals surface area (Å²) in [5.41, 5.74) is 38.9. The molecule has 20 aromatic carbocycles. The second kappa shape index (κ2) is 34.0. The summed E-state index contributed by atoms with van der Waals surface area (Å²) in [5.74, 6) is 3.53. The van der Waals surface area contributed by atoms with Crippen LogP contribution in [0.15, 0.2) is 485 Å². The van der Waals surface area contributed by atoms with Gasteiger partial charge in [0.05, 0.1) is 22.1 Å². The first-order chi connectivity index (χ1) is 67.6. The van der Waals surface area contributed by atoms with Crippen molar-refractivity contribution in [3.63, 3.8) is 0 Å². The van der Waals surface area contributed by atoms with Gasteiger partial charge in [-0.05, 0) is 255 Å². The van der Waals surface area contributed by atoms with Crippen molar-refractivity contribution in [3.05, 3.63) is 496 Å². The van der Waals surface area contributed by atoms with E-state index in [4.69, 9.17) is 29.9 Å². The monoisotopic (exact) mass is 1750 g/mol. The quantitative estimate of drug-likeness (QED) is 0.0851. The molecule has 137 heavy (non-hydrogen) atoms. The molecule has 24 aromatic rings. The number of hydrogen-bond donors (Lipinski definition) is 0. The second-order valence-corrected chi connectivity index (χ2v) is 36.1. The highest BCUT2D eigenvalue weighted by Gasteiger charge is 2.37. The average Bonchev–Trinajstić information content (AvgIpc) is 1.56. The van der Waals surface area contributed by atoms with E-state index in [1.165, 1.54) is 22.3 Å². The van der Waals surface area contributed by atoms with Gasteiger partial charge in [-0.15, -0.1) is 0 Å². The van der Waals surface area contributed by atoms with Crippen molar-refractivity contribution in [2.45, 2.75) is 19.3 Å². The van der Waals surface area contributed by atoms with Gasteiger partial charge < -0.3 is 9.13 Å². The standard InChI is InChI=1S/C129H86N8/c1-129(2)115-81-107(136-117-67-61-93(83-33-11-3-12-34-83)79-113(117)121-109(57-31-59-119(121)136)95-51-29-55-99(71-95)127-132-123(89-45-23-9-24-46-89)130-125(134-127)97-53-27-49-91(69-97)105-75-101(85-37-15-5-16-38-85)73-102(76-105)86-39-17-6-18-40-86)63-65-111(115)112-66-64-108(82-116(112)129)137-118-68-62-94(84-35-13-4-14-36-84)80-114(118)122-110(58-32-60-120(122)137)96-52-30-56-100(72-96)128-133-124(90-47-25-10-26-48-90)131-126(135-128)98-54-28-50-92(70-98)106-77-103(87-41-19-7-20-42-87)74-104(78-106)88-43-21-8-22-44-88/h3-82H,1-2H3. The van der Waals surface area contributed by atoms with Crippen LogP contribution < -0.4 is 0 Å². The SMILES string of the molecule is CC1(C)c2cc(-n3c4ccc(-c5ccccc5)cc4c4c(-c5cccc(-c6nc(-c7ccccc7)nc(-c7cccc(-c8cc(-c9ccccc9)cc(-c9ccccc9)c8)c7)n6)c5)cccc43)ccc2-c2ccc(-n3c4ccc(-c5ccccc5)cc4c4c(-c5cccc(-c6nc(-c7ccccc7)nc(-c7cccc(-c8cc(-c9ccccc9)cc(-c9ccccc9)c8)c7)n6)c5)cccc43)cc21. The summed E-state index contributed by atoms with van der Waals surface area (Å²) in [6.07, 6.45) is 0. The molecule has 0 atom stereocenters. The number of fused-ring (bicyclic) bond motifs is 9. The zero-order valence-corrected chi connectivity index (χ0v) is 75.3. The highest BCUT2D eigenvalue weighted by atomic mass is 15.0. The van der Waals surface area contributed by atoms with Crippen molar-refractivity contribution in [1.29, 1.82) is 0 Å². The Bertz CT molecular complexity index is 8190. The maximum atomic E-state index is 5.44. The third kappa shape index (κ3) is 14.9. The molecule has 8 heteroatoms. The molecule has 1 aliphatic carbocycles. The van der Waals surface area contributed by atoms with Crippen LogP contribution >= 0.6 is 0 Å². The van der Waals surface area contributed by atoms with Crippen molar-refractivity contribution in [2.75, 3.05) is 0 Å². The fourth-order valence-electron chi connectivity index (χ4n) is 20.6. The number of aromatic nitrogens is 8. The lowest BCUT2D eigenvalue weighted by Crippen LogP contribution is -2.16. The first-order valence-corrected chi connectivity index (χ1v) is 46.8. The number of nitrogens with zero attached hydrogens (tertiary/aromatic N) is 8. The van der Waals surface area contributed by atoms with Gasteiger partial charge >= 0.3 is 0 Å². The lowest BCUT2D eigenvalue weighted by molar-refractivity contribution is 0.659. The topological polar surface area (TPSA) is 87.2 Å². The zero-order valence-electron chi connectivity index (χ0n) is 75.3. The first kappa shape index (κ1) is 81.0. The van der Waals surface area contributed by atoms with Crippen LogP contribution in [0, 0.1) is 0 Å². The first-order valence-electron chi connectivity index (χ1n) is 46.8. The molecule has 0 unspecified atom stereocenters. The summed E-state index contributed by atoms with van der Waals surface area (Å²) in [6, 6.07) is 175. The predicted octanol–water partition coefficient (Wildman–Crippen LogP) is 33.2. The molecular formula is C129H86N8. The van der Waals surface area contributed by atoms with Crippen LogP contribution in [-0.2, 0) is 5.41 Å². The normalized spacial score (nSPS) is 12.1. The average molecular weight is 1750 g/mol. The predicted molar refractivity (Wildman–Crippen MR) is 566 cm³/mol. The smallest absolute Gasteiger partial charge is 0.164 e. The fourth-order valence-corrected chi connectivity index (χ4v) is 20.6. The van der Waals surface area contributed by atoms with Gasteiger partial charge in [0.1, 0.15) is 0 Å². The third-order valence-electron chi connectivity index (χ3n) is 27.4. The molecule has 25 rings (SSSR count). The van der Waals surface area contributed by atoms with E-state index in [9.17, 15) is 0 Å². The van der Waals surface area contributed by atoms with E-state index in [1.54, 1.807) is 0 Å². The number of rotatable bonds is 18. The summed E-state index contributed by atoms with van der Waals surface area (Å²) in [6.45, 7) is 4.81. The van der Waals surface area contributed by atoms with Gasteiger partial charge in [0.15, 0.2) is 34.9 Å². The Hall–Kier alpha value is -18.0. The zero-order chi connectivity index (χ0) is 91.0. The molecule has 0 radical (unpaired) electrons. The number of hydrogen-bond acceptors (Lipinski definition) is 6. The maximum Gasteiger partial charge on any atom is 0.164 e. The Morgan fingerprint density at radius 2 is 0.380 bits per heavy atom. The van der Waals surface area contributed by atoms with Crippen LogP contribution in [-0.4, -0.2) is 39.0 Å². The maximum absolute atomic E-state index is 5.44. The Morgan fingerprint density at radius 1 is 0.153 bits per heavy atom. The van der Waals surface area contributed by atoms with E-state index < -0.39 is 5.41 Å². The van der Waals surface area contributed by atoms with E-state index in [1.807, 2.05) is 36.4 Å². The van der Waals surface area contributed by atoms with Gasteiger partial charge in [0.2, 0.25) is 0 Å². The highest BCUT2D eigenvalue weighted by molar-refractivity contribution is 6.18. The van der Waals surface area contributed by atoms with Gasteiger partial charge in [-0.1, -0.05) is 378 Å². The molecule has 4 heterocycles. The summed E-state index contributed by atoms with van der Waals surface area (Å²) < 4.78 is 4.98. The van der Waals surface area contributed by atoms with Crippen molar-refractivity contribution < 1.29 is 0 Å². The fraction of sp³-hybridized carbons (Fsp3) is 0.0233. The van der Waals surface area contributed by atoms with E-state index >= 15 is 0 Å². The molecule has 0 N–H and O–H groups in total. The lowest BCUT2D eigenvalue weighted by Gasteiger charge is -2.23. The Labute approximate surface area is 794 Å². The second-order valence-electron chi connectivity index (χ2n) is 36.1. The molecule has 0 spiro atoms.